The third kappa shape index (κ3) is 3.28. The molecule has 1 atom stereocenters. The van der Waals surface area contributed by atoms with Gasteiger partial charge in [0, 0.05) is 30.8 Å². The maximum atomic E-state index is 12.7. The lowest BCUT2D eigenvalue weighted by atomic mass is 9.93. The summed E-state index contributed by atoms with van der Waals surface area (Å²) in [6, 6.07) is 10.1. The van der Waals surface area contributed by atoms with Crippen LogP contribution in [0.25, 0.3) is 5.69 Å². The van der Waals surface area contributed by atoms with Crippen molar-refractivity contribution in [3.63, 3.8) is 0 Å². The highest BCUT2D eigenvalue weighted by Gasteiger charge is 2.24. The molecule has 0 N–H and O–H groups in total. The zero-order chi connectivity index (χ0) is 17.1. The summed E-state index contributed by atoms with van der Waals surface area (Å²) in [6.07, 6.45) is 7.13. The van der Waals surface area contributed by atoms with Crippen molar-refractivity contribution >= 4 is 5.91 Å². The molecule has 24 heavy (non-hydrogen) atoms. The minimum Gasteiger partial charge on any atom is -0.341 e. The van der Waals surface area contributed by atoms with Crippen LogP contribution in [-0.4, -0.2) is 27.6 Å². The van der Waals surface area contributed by atoms with E-state index in [4.69, 9.17) is 0 Å². The van der Waals surface area contributed by atoms with Gasteiger partial charge in [-0.05, 0) is 45.2 Å². The fourth-order valence-electron chi connectivity index (χ4n) is 3.37. The first-order valence-electron chi connectivity index (χ1n) is 8.58. The van der Waals surface area contributed by atoms with Gasteiger partial charge in [-0.3, -0.25) is 4.79 Å². The number of nitrogens with zero attached hydrogens (tertiary/aromatic N) is 3. The van der Waals surface area contributed by atoms with Crippen LogP contribution in [0.2, 0.25) is 0 Å². The van der Waals surface area contributed by atoms with Crippen molar-refractivity contribution in [2.45, 2.75) is 39.7 Å². The van der Waals surface area contributed by atoms with Gasteiger partial charge < -0.3 is 4.90 Å². The number of carbonyl (C=O) groups is 1. The highest BCUT2D eigenvalue weighted by Crippen LogP contribution is 2.23. The molecule has 3 rings (SSSR count). The summed E-state index contributed by atoms with van der Waals surface area (Å²) in [5.41, 5.74) is 4.28. The minimum atomic E-state index is 0.129. The third-order valence-corrected chi connectivity index (χ3v) is 4.83. The molecule has 1 aliphatic carbocycles. The molecule has 1 aromatic carbocycles. The molecule has 2 aromatic rings. The molecule has 0 aliphatic heterocycles. The summed E-state index contributed by atoms with van der Waals surface area (Å²) in [6.45, 7) is 4.71. The minimum absolute atomic E-state index is 0.129. The Hall–Kier alpha value is -2.36. The lowest BCUT2D eigenvalue weighted by molar-refractivity contribution is -0.135. The molecule has 1 aromatic heterocycles. The first-order valence-corrected chi connectivity index (χ1v) is 8.58. The standard InChI is InChI=1S/C20H25N3O/c1-15-19(14-22(3)20(24)17-10-6-4-7-11-17)16(2)23(21-15)18-12-8-5-9-13-18/h4-6,8-9,12-13,17H,7,10-11,14H2,1-3H3. The number of aryl methyl sites for hydroxylation is 1. The van der Waals surface area contributed by atoms with Crippen molar-refractivity contribution in [3.8, 4) is 5.69 Å². The fourth-order valence-corrected chi connectivity index (χ4v) is 3.37. The van der Waals surface area contributed by atoms with Crippen LogP contribution in [0.15, 0.2) is 42.5 Å². The number of rotatable bonds is 4. The first-order chi connectivity index (χ1) is 11.6. The van der Waals surface area contributed by atoms with Crippen molar-refractivity contribution in [2.24, 2.45) is 5.92 Å². The summed E-state index contributed by atoms with van der Waals surface area (Å²) in [7, 11) is 1.90. The van der Waals surface area contributed by atoms with Crippen molar-refractivity contribution in [1.82, 2.24) is 14.7 Å². The van der Waals surface area contributed by atoms with Crippen LogP contribution in [-0.2, 0) is 11.3 Å². The number of para-hydroxylation sites is 1. The van der Waals surface area contributed by atoms with Crippen LogP contribution in [0.1, 0.15) is 36.2 Å². The molecule has 1 heterocycles. The lowest BCUT2D eigenvalue weighted by Crippen LogP contribution is -2.33. The van der Waals surface area contributed by atoms with Gasteiger partial charge in [0.25, 0.3) is 0 Å². The summed E-state index contributed by atoms with van der Waals surface area (Å²) in [4.78, 5) is 14.5. The molecule has 1 amide bonds. The molecule has 4 heteroatoms. The van der Waals surface area contributed by atoms with Crippen molar-refractivity contribution in [1.29, 1.82) is 0 Å². The van der Waals surface area contributed by atoms with Gasteiger partial charge in [-0.15, -0.1) is 0 Å². The Morgan fingerprint density at radius 1 is 1.25 bits per heavy atom. The Bertz CT molecular complexity index is 746. The summed E-state index contributed by atoms with van der Waals surface area (Å²) >= 11 is 0. The predicted molar refractivity (Wildman–Crippen MR) is 96.0 cm³/mol. The molecule has 4 nitrogen and oxygen atoms in total. The zero-order valence-electron chi connectivity index (χ0n) is 14.7. The van der Waals surface area contributed by atoms with Crippen LogP contribution < -0.4 is 0 Å². The molecule has 126 valence electrons. The second kappa shape index (κ2) is 7.04. The number of aromatic nitrogens is 2. The van der Waals surface area contributed by atoms with Gasteiger partial charge in [0.2, 0.25) is 5.91 Å². The van der Waals surface area contributed by atoms with E-state index in [-0.39, 0.29) is 11.8 Å². The van der Waals surface area contributed by atoms with Crippen LogP contribution in [0, 0.1) is 19.8 Å². The van der Waals surface area contributed by atoms with Gasteiger partial charge in [0.1, 0.15) is 0 Å². The highest BCUT2D eigenvalue weighted by molar-refractivity contribution is 5.79. The summed E-state index contributed by atoms with van der Waals surface area (Å²) in [5, 5.41) is 4.67. The van der Waals surface area contributed by atoms with Crippen molar-refractivity contribution in [2.75, 3.05) is 7.05 Å². The topological polar surface area (TPSA) is 38.1 Å². The van der Waals surface area contributed by atoms with E-state index < -0.39 is 0 Å². The van der Waals surface area contributed by atoms with E-state index in [0.717, 1.165) is 41.9 Å². The van der Waals surface area contributed by atoms with Gasteiger partial charge >= 0.3 is 0 Å². The van der Waals surface area contributed by atoms with Crippen LogP contribution in [0.3, 0.4) is 0 Å². The van der Waals surface area contributed by atoms with E-state index in [1.54, 1.807) is 0 Å². The van der Waals surface area contributed by atoms with Gasteiger partial charge in [-0.1, -0.05) is 30.4 Å². The van der Waals surface area contributed by atoms with E-state index in [0.29, 0.717) is 6.54 Å². The number of hydrogen-bond acceptors (Lipinski definition) is 2. The smallest absolute Gasteiger partial charge is 0.226 e. The molecule has 0 radical (unpaired) electrons. The molecule has 1 aliphatic rings. The largest absolute Gasteiger partial charge is 0.341 e. The average Bonchev–Trinajstić information content (AvgIpc) is 2.90. The predicted octanol–water partition coefficient (Wildman–Crippen LogP) is 3.80. The van der Waals surface area contributed by atoms with Gasteiger partial charge in [0.05, 0.1) is 11.4 Å². The maximum absolute atomic E-state index is 12.7. The van der Waals surface area contributed by atoms with Crippen LogP contribution in [0.5, 0.6) is 0 Å². The lowest BCUT2D eigenvalue weighted by Gasteiger charge is -2.24. The highest BCUT2D eigenvalue weighted by atomic mass is 16.2. The van der Waals surface area contributed by atoms with Gasteiger partial charge in [0.15, 0.2) is 0 Å². The third-order valence-electron chi connectivity index (χ3n) is 4.83. The Kier molecular flexibility index (Phi) is 4.84. The van der Waals surface area contributed by atoms with E-state index in [1.165, 1.54) is 0 Å². The maximum Gasteiger partial charge on any atom is 0.226 e. The number of amides is 1. The molecule has 0 fully saturated rings. The van der Waals surface area contributed by atoms with Crippen LogP contribution in [0.4, 0.5) is 0 Å². The Morgan fingerprint density at radius 2 is 2.00 bits per heavy atom. The Morgan fingerprint density at radius 3 is 2.67 bits per heavy atom. The van der Waals surface area contributed by atoms with Crippen molar-refractivity contribution < 1.29 is 4.79 Å². The quantitative estimate of drug-likeness (QED) is 0.803. The van der Waals surface area contributed by atoms with Gasteiger partial charge in [-0.2, -0.15) is 5.10 Å². The van der Waals surface area contributed by atoms with E-state index in [9.17, 15) is 4.79 Å². The second-order valence-corrected chi connectivity index (χ2v) is 6.57. The monoisotopic (exact) mass is 323 g/mol. The SMILES string of the molecule is Cc1nn(-c2ccccc2)c(C)c1CN(C)C(=O)C1CC=CCC1. The molecular weight excluding hydrogens is 298 g/mol. The summed E-state index contributed by atoms with van der Waals surface area (Å²) < 4.78 is 1.96. The molecule has 0 bridgehead atoms. The molecular formula is C20H25N3O. The zero-order valence-corrected chi connectivity index (χ0v) is 14.7. The van der Waals surface area contributed by atoms with Gasteiger partial charge in [-0.25, -0.2) is 4.68 Å². The molecule has 1 unspecified atom stereocenters. The number of benzene rings is 1. The first kappa shape index (κ1) is 16.5. The van der Waals surface area contributed by atoms with Crippen LogP contribution >= 0.6 is 0 Å². The Balaban J connectivity index is 1.79. The molecule has 0 saturated carbocycles. The summed E-state index contributed by atoms with van der Waals surface area (Å²) in [5.74, 6) is 0.371. The fraction of sp³-hybridized carbons (Fsp3) is 0.400. The Labute approximate surface area is 143 Å². The van der Waals surface area contributed by atoms with E-state index in [1.807, 2.05) is 53.9 Å². The average molecular weight is 323 g/mol. The van der Waals surface area contributed by atoms with E-state index in [2.05, 4.69) is 24.2 Å². The molecule has 0 saturated heterocycles. The molecule has 0 spiro atoms. The number of hydrogen-bond donors (Lipinski definition) is 0. The van der Waals surface area contributed by atoms with E-state index >= 15 is 0 Å². The number of allylic oxidation sites excluding steroid dienone is 2. The second-order valence-electron chi connectivity index (χ2n) is 6.57. The van der Waals surface area contributed by atoms with Crippen molar-refractivity contribution in [3.05, 3.63) is 59.4 Å². The normalized spacial score (nSPS) is 17.0. The number of carbonyl (C=O) groups excluding carboxylic acids is 1.